The van der Waals surface area contributed by atoms with E-state index in [-0.39, 0.29) is 44.0 Å². The van der Waals surface area contributed by atoms with Crippen LogP contribution >= 0.6 is 0 Å². The largest absolute Gasteiger partial charge is 1.00 e. The molecule has 0 N–H and O–H groups in total. The van der Waals surface area contributed by atoms with Crippen LogP contribution in [0.5, 0.6) is 0 Å². The average Bonchev–Trinajstić information content (AvgIpc) is 3.19. The van der Waals surface area contributed by atoms with Crippen LogP contribution in [0.4, 0.5) is 0 Å². The SMILES string of the molecule is CC1=CC[C]([Ti+2][CH]2C(n3cc(C)cc3C)=Cc3ccccc32)=C1C.[Cl-].[Cl-]. The second kappa shape index (κ2) is 8.36. The second-order valence-electron chi connectivity index (χ2n) is 7.00. The summed E-state index contributed by atoms with van der Waals surface area (Å²) < 4.78 is 4.73. The normalized spacial score (nSPS) is 17.8. The molecule has 1 aromatic heterocycles. The van der Waals surface area contributed by atoms with Crippen LogP contribution in [0.1, 0.15) is 46.9 Å². The minimum absolute atomic E-state index is 0. The number of aromatic nitrogens is 1. The third-order valence-electron chi connectivity index (χ3n) is 5.31. The maximum absolute atomic E-state index is 2.43. The quantitative estimate of drug-likeness (QED) is 0.611. The standard InChI is InChI=1S/C15H14N.C7H9.2ClH.Ti/c1-11-7-12(2)16(10-11)15-8-13-5-3-4-6-14(13)9-15;1-6-4-3-5-7(6)2;;;/h3-10H,1-2H3;4H,3H2,1-2H3;2*1H;/q;;;;+2/p-2. The third-order valence-corrected chi connectivity index (χ3v) is 8.16. The van der Waals surface area contributed by atoms with Gasteiger partial charge in [0.25, 0.3) is 0 Å². The minimum atomic E-state index is -0.233. The Balaban J connectivity index is 0.00000121. The van der Waals surface area contributed by atoms with Crippen LogP contribution in [-0.4, -0.2) is 4.57 Å². The molecule has 0 bridgehead atoms. The van der Waals surface area contributed by atoms with E-state index in [1.807, 2.05) is 0 Å². The summed E-state index contributed by atoms with van der Waals surface area (Å²) in [6.45, 7) is 8.98. The van der Waals surface area contributed by atoms with Crippen LogP contribution in [0.3, 0.4) is 0 Å². The fourth-order valence-corrected chi connectivity index (χ4v) is 6.59. The molecule has 2 aliphatic carbocycles. The first kappa shape index (κ1) is 21.3. The molecule has 0 aliphatic heterocycles. The molecule has 0 radical (unpaired) electrons. The molecular formula is C22H23Cl2NTi. The molecule has 0 saturated heterocycles. The van der Waals surface area contributed by atoms with Crippen LogP contribution in [0.2, 0.25) is 0 Å². The van der Waals surface area contributed by atoms with Crippen molar-refractivity contribution in [1.82, 2.24) is 4.57 Å². The number of benzene rings is 1. The van der Waals surface area contributed by atoms with Crippen LogP contribution < -0.4 is 24.8 Å². The van der Waals surface area contributed by atoms with E-state index in [9.17, 15) is 0 Å². The van der Waals surface area contributed by atoms with Gasteiger partial charge in [-0.1, -0.05) is 0 Å². The van der Waals surface area contributed by atoms with Crippen molar-refractivity contribution in [3.05, 3.63) is 80.0 Å². The molecule has 1 heterocycles. The van der Waals surface area contributed by atoms with E-state index in [2.05, 4.69) is 80.9 Å². The average molecular weight is 420 g/mol. The zero-order valence-corrected chi connectivity index (χ0v) is 18.7. The molecule has 1 unspecified atom stereocenters. The second-order valence-corrected chi connectivity index (χ2v) is 9.29. The monoisotopic (exact) mass is 419 g/mol. The topological polar surface area (TPSA) is 4.93 Å². The molecule has 4 heteroatoms. The first-order valence-corrected chi connectivity index (χ1v) is 10.3. The summed E-state index contributed by atoms with van der Waals surface area (Å²) in [4.78, 5) is 0. The molecular weight excluding hydrogens is 397 g/mol. The van der Waals surface area contributed by atoms with Gasteiger partial charge >= 0.3 is 154 Å². The maximum atomic E-state index is 2.43. The Morgan fingerprint density at radius 2 is 1.77 bits per heavy atom. The van der Waals surface area contributed by atoms with Crippen molar-refractivity contribution in [2.75, 3.05) is 0 Å². The predicted molar refractivity (Wildman–Crippen MR) is 98.3 cm³/mol. The number of hydrogen-bond acceptors (Lipinski definition) is 0. The molecule has 0 spiro atoms. The number of hydrogen-bond donors (Lipinski definition) is 0. The smallest absolute Gasteiger partial charge is 1.00 e. The van der Waals surface area contributed by atoms with Crippen molar-refractivity contribution in [2.24, 2.45) is 0 Å². The maximum Gasteiger partial charge on any atom is -1.00 e. The Labute approximate surface area is 178 Å². The van der Waals surface area contributed by atoms with Crippen LogP contribution in [0.15, 0.2) is 57.6 Å². The molecule has 1 atom stereocenters. The zero-order chi connectivity index (χ0) is 16.8. The van der Waals surface area contributed by atoms with Crippen molar-refractivity contribution in [3.63, 3.8) is 0 Å². The summed E-state index contributed by atoms with van der Waals surface area (Å²) in [5.74, 6) is 0. The molecule has 2 aliphatic rings. The Kier molecular flexibility index (Phi) is 6.85. The number of allylic oxidation sites excluding steroid dienone is 5. The molecule has 4 rings (SSSR count). The van der Waals surface area contributed by atoms with Crippen molar-refractivity contribution < 1.29 is 44.0 Å². The van der Waals surface area contributed by atoms with Gasteiger partial charge in [-0.05, 0) is 0 Å². The first-order valence-electron chi connectivity index (χ1n) is 8.64. The van der Waals surface area contributed by atoms with Crippen molar-refractivity contribution in [2.45, 2.75) is 38.3 Å². The van der Waals surface area contributed by atoms with E-state index in [0.717, 1.165) is 0 Å². The van der Waals surface area contributed by atoms with Crippen LogP contribution in [0.25, 0.3) is 11.8 Å². The summed E-state index contributed by atoms with van der Waals surface area (Å²) in [6, 6.07) is 11.2. The fraction of sp³-hybridized carbons (Fsp3) is 0.273. The number of nitrogens with zero attached hydrogens (tertiary/aromatic N) is 1. The number of rotatable bonds is 3. The van der Waals surface area contributed by atoms with E-state index >= 15 is 0 Å². The van der Waals surface area contributed by atoms with Gasteiger partial charge < -0.3 is 24.8 Å². The van der Waals surface area contributed by atoms with Gasteiger partial charge in [-0.3, -0.25) is 0 Å². The summed E-state index contributed by atoms with van der Waals surface area (Å²) in [5, 5.41) is 0. The fourth-order valence-electron chi connectivity index (χ4n) is 3.83. The van der Waals surface area contributed by atoms with Gasteiger partial charge in [0.2, 0.25) is 0 Å². The van der Waals surface area contributed by atoms with E-state index in [0.29, 0.717) is 4.22 Å². The first-order chi connectivity index (χ1) is 11.5. The molecule has 2 aromatic rings. The predicted octanol–water partition coefficient (Wildman–Crippen LogP) is -0.128. The van der Waals surface area contributed by atoms with Crippen LogP contribution in [-0.2, 0) is 19.2 Å². The summed E-state index contributed by atoms with van der Waals surface area (Å²) in [6.07, 6.45) is 8.30. The van der Waals surface area contributed by atoms with E-state index in [1.54, 1.807) is 9.45 Å². The summed E-state index contributed by atoms with van der Waals surface area (Å²) in [5.41, 5.74) is 10.1. The van der Waals surface area contributed by atoms with Crippen molar-refractivity contribution in [1.29, 1.82) is 0 Å². The van der Waals surface area contributed by atoms with Crippen LogP contribution in [0, 0.1) is 13.8 Å². The van der Waals surface area contributed by atoms with E-state index in [1.165, 1.54) is 40.1 Å². The van der Waals surface area contributed by atoms with Gasteiger partial charge in [0, 0.05) is 0 Å². The number of fused-ring (bicyclic) bond motifs is 1. The molecule has 0 saturated carbocycles. The third kappa shape index (κ3) is 3.69. The summed E-state index contributed by atoms with van der Waals surface area (Å²) >= 11 is -0.233. The van der Waals surface area contributed by atoms with Gasteiger partial charge in [0.15, 0.2) is 0 Å². The Bertz CT molecular complexity index is 918. The molecule has 1 nitrogen and oxygen atoms in total. The molecule has 134 valence electrons. The van der Waals surface area contributed by atoms with Crippen molar-refractivity contribution in [3.8, 4) is 0 Å². The molecule has 26 heavy (non-hydrogen) atoms. The van der Waals surface area contributed by atoms with Gasteiger partial charge in [0.05, 0.1) is 0 Å². The van der Waals surface area contributed by atoms with Gasteiger partial charge in [0.1, 0.15) is 0 Å². The Hall–Kier alpha value is -0.986. The number of halogens is 2. The van der Waals surface area contributed by atoms with Gasteiger partial charge in [-0.15, -0.1) is 0 Å². The van der Waals surface area contributed by atoms with E-state index < -0.39 is 0 Å². The molecule has 0 fully saturated rings. The Morgan fingerprint density at radius 3 is 2.38 bits per heavy atom. The van der Waals surface area contributed by atoms with Gasteiger partial charge in [-0.2, -0.15) is 0 Å². The molecule has 0 amide bonds. The minimum Gasteiger partial charge on any atom is -1.00 e. The van der Waals surface area contributed by atoms with Crippen molar-refractivity contribution >= 4 is 11.8 Å². The summed E-state index contributed by atoms with van der Waals surface area (Å²) in [7, 11) is 0. The number of aryl methyl sites for hydroxylation is 2. The molecule has 1 aromatic carbocycles. The Morgan fingerprint density at radius 1 is 1.04 bits per heavy atom. The van der Waals surface area contributed by atoms with Gasteiger partial charge in [-0.25, -0.2) is 0 Å². The zero-order valence-electron chi connectivity index (χ0n) is 15.6. The van der Waals surface area contributed by atoms with E-state index in [4.69, 9.17) is 0 Å².